The van der Waals surface area contributed by atoms with Crippen LogP contribution >= 0.6 is 11.6 Å². The average molecular weight is 267 g/mol. The second-order valence-corrected chi connectivity index (χ2v) is 5.77. The maximum absolute atomic E-state index is 6.04. The van der Waals surface area contributed by atoms with Crippen LogP contribution in [0.15, 0.2) is 24.3 Å². The lowest BCUT2D eigenvalue weighted by Gasteiger charge is -2.34. The second-order valence-electron chi connectivity index (χ2n) is 5.33. The van der Waals surface area contributed by atoms with E-state index in [1.165, 1.54) is 31.2 Å². The largest absolute Gasteiger partial charge is 0.330 e. The number of halogens is 1. The number of nitrogens with one attached hydrogen (secondary N) is 1. The van der Waals surface area contributed by atoms with Crippen LogP contribution in [0.5, 0.6) is 0 Å². The van der Waals surface area contributed by atoms with Crippen LogP contribution in [0.4, 0.5) is 0 Å². The Hall–Kier alpha value is -0.570. The van der Waals surface area contributed by atoms with E-state index in [1.54, 1.807) is 0 Å². The van der Waals surface area contributed by atoms with Crippen molar-refractivity contribution in [1.29, 1.82) is 0 Å². The van der Waals surface area contributed by atoms with Gasteiger partial charge < -0.3 is 11.1 Å². The first-order valence-corrected chi connectivity index (χ1v) is 7.30. The van der Waals surface area contributed by atoms with Gasteiger partial charge >= 0.3 is 0 Å². The van der Waals surface area contributed by atoms with Crippen molar-refractivity contribution in [2.45, 2.75) is 44.7 Å². The summed E-state index contributed by atoms with van der Waals surface area (Å²) in [4.78, 5) is 0. The summed E-state index contributed by atoms with van der Waals surface area (Å²) in [5, 5.41) is 4.53. The molecule has 0 aromatic heterocycles. The van der Waals surface area contributed by atoms with Crippen molar-refractivity contribution in [3.05, 3.63) is 34.9 Å². The van der Waals surface area contributed by atoms with Crippen molar-refractivity contribution in [3.63, 3.8) is 0 Å². The first-order chi connectivity index (χ1) is 8.70. The molecule has 0 spiro atoms. The highest BCUT2D eigenvalue weighted by Crippen LogP contribution is 2.26. The molecule has 1 aliphatic carbocycles. The van der Waals surface area contributed by atoms with Crippen LogP contribution in [0.25, 0.3) is 0 Å². The molecule has 0 saturated heterocycles. The van der Waals surface area contributed by atoms with Gasteiger partial charge in [0.2, 0.25) is 0 Å². The van der Waals surface area contributed by atoms with E-state index < -0.39 is 0 Å². The highest BCUT2D eigenvalue weighted by Gasteiger charge is 2.25. The van der Waals surface area contributed by atoms with Crippen LogP contribution in [0.3, 0.4) is 0 Å². The summed E-state index contributed by atoms with van der Waals surface area (Å²) in [6.07, 6.45) is 5.14. The van der Waals surface area contributed by atoms with Gasteiger partial charge in [-0.15, -0.1) is 0 Å². The van der Waals surface area contributed by atoms with Gasteiger partial charge in [-0.2, -0.15) is 0 Å². The molecule has 0 heterocycles. The van der Waals surface area contributed by atoms with Gasteiger partial charge in [-0.1, -0.05) is 36.6 Å². The molecule has 1 aromatic rings. The fraction of sp³-hybridized carbons (Fsp3) is 0.600. The molecule has 0 radical (unpaired) electrons. The van der Waals surface area contributed by atoms with Gasteiger partial charge in [-0.05, 0) is 49.9 Å². The molecule has 3 atom stereocenters. The first kappa shape index (κ1) is 13.9. The zero-order chi connectivity index (χ0) is 13.0. The van der Waals surface area contributed by atoms with Crippen LogP contribution in [0.1, 0.15) is 44.2 Å². The van der Waals surface area contributed by atoms with E-state index >= 15 is 0 Å². The Balaban J connectivity index is 1.99. The van der Waals surface area contributed by atoms with Crippen molar-refractivity contribution in [2.24, 2.45) is 11.7 Å². The van der Waals surface area contributed by atoms with Crippen molar-refractivity contribution in [2.75, 3.05) is 6.54 Å². The normalized spacial score (nSPS) is 25.9. The summed E-state index contributed by atoms with van der Waals surface area (Å²) in [5.41, 5.74) is 7.12. The molecular weight excluding hydrogens is 244 g/mol. The van der Waals surface area contributed by atoms with Crippen molar-refractivity contribution in [1.82, 2.24) is 5.32 Å². The standard InChI is InChI=1S/C15H23ClN2/c1-11(12-6-4-7-14(16)9-12)18-15-8-3-2-5-13(15)10-17/h4,6-7,9,11,13,15,18H,2-3,5,8,10,17H2,1H3/t11-,13?,15?/m0/s1. The minimum Gasteiger partial charge on any atom is -0.330 e. The molecule has 1 fully saturated rings. The quantitative estimate of drug-likeness (QED) is 0.875. The summed E-state index contributed by atoms with van der Waals surface area (Å²) in [6, 6.07) is 8.99. The zero-order valence-electron chi connectivity index (χ0n) is 11.0. The van der Waals surface area contributed by atoms with Gasteiger partial charge in [0.15, 0.2) is 0 Å². The van der Waals surface area contributed by atoms with Gasteiger partial charge in [0.05, 0.1) is 0 Å². The average Bonchev–Trinajstić information content (AvgIpc) is 2.39. The molecular formula is C15H23ClN2. The molecule has 100 valence electrons. The summed E-state index contributed by atoms with van der Waals surface area (Å²) < 4.78 is 0. The highest BCUT2D eigenvalue weighted by molar-refractivity contribution is 6.30. The highest BCUT2D eigenvalue weighted by atomic mass is 35.5. The Labute approximate surface area is 115 Å². The van der Waals surface area contributed by atoms with Crippen molar-refractivity contribution < 1.29 is 0 Å². The van der Waals surface area contributed by atoms with E-state index in [-0.39, 0.29) is 0 Å². The minimum atomic E-state index is 0.334. The van der Waals surface area contributed by atoms with Gasteiger partial charge in [-0.25, -0.2) is 0 Å². The number of hydrogen-bond acceptors (Lipinski definition) is 2. The number of nitrogens with two attached hydrogens (primary N) is 1. The Morgan fingerprint density at radius 2 is 2.17 bits per heavy atom. The molecule has 1 saturated carbocycles. The maximum atomic E-state index is 6.04. The molecule has 2 nitrogen and oxygen atoms in total. The third kappa shape index (κ3) is 3.47. The molecule has 0 aliphatic heterocycles. The third-order valence-electron chi connectivity index (χ3n) is 4.02. The Morgan fingerprint density at radius 1 is 1.39 bits per heavy atom. The summed E-state index contributed by atoms with van der Waals surface area (Å²) in [6.45, 7) is 2.99. The van der Waals surface area contributed by atoms with E-state index in [1.807, 2.05) is 18.2 Å². The van der Waals surface area contributed by atoms with Crippen LogP contribution < -0.4 is 11.1 Å². The second kappa shape index (κ2) is 6.55. The zero-order valence-corrected chi connectivity index (χ0v) is 11.8. The Kier molecular flexibility index (Phi) is 5.04. The topological polar surface area (TPSA) is 38.0 Å². The third-order valence-corrected chi connectivity index (χ3v) is 4.26. The van der Waals surface area contributed by atoms with Gasteiger partial charge in [0, 0.05) is 17.1 Å². The Bertz CT molecular complexity index is 381. The minimum absolute atomic E-state index is 0.334. The lowest BCUT2D eigenvalue weighted by Crippen LogP contribution is -2.42. The fourth-order valence-electron chi connectivity index (χ4n) is 2.90. The van der Waals surface area contributed by atoms with E-state index in [0.717, 1.165) is 11.6 Å². The van der Waals surface area contributed by atoms with Crippen LogP contribution in [0.2, 0.25) is 5.02 Å². The summed E-state index contributed by atoms with van der Waals surface area (Å²) >= 11 is 6.04. The summed E-state index contributed by atoms with van der Waals surface area (Å²) in [7, 11) is 0. The predicted molar refractivity (Wildman–Crippen MR) is 77.8 cm³/mol. The summed E-state index contributed by atoms with van der Waals surface area (Å²) in [5.74, 6) is 0.625. The van der Waals surface area contributed by atoms with E-state index in [9.17, 15) is 0 Å². The van der Waals surface area contributed by atoms with E-state index in [4.69, 9.17) is 17.3 Å². The van der Waals surface area contributed by atoms with E-state index in [2.05, 4.69) is 18.3 Å². The maximum Gasteiger partial charge on any atom is 0.0409 e. The first-order valence-electron chi connectivity index (χ1n) is 6.92. The van der Waals surface area contributed by atoms with Gasteiger partial charge in [-0.3, -0.25) is 0 Å². The number of hydrogen-bond donors (Lipinski definition) is 2. The van der Waals surface area contributed by atoms with Gasteiger partial charge in [0.1, 0.15) is 0 Å². The smallest absolute Gasteiger partial charge is 0.0409 e. The molecule has 2 unspecified atom stereocenters. The van der Waals surface area contributed by atoms with Gasteiger partial charge in [0.25, 0.3) is 0 Å². The number of benzene rings is 1. The molecule has 18 heavy (non-hydrogen) atoms. The lowest BCUT2D eigenvalue weighted by atomic mass is 9.84. The predicted octanol–water partition coefficient (Wildman–Crippen LogP) is 3.51. The monoisotopic (exact) mass is 266 g/mol. The molecule has 3 heteroatoms. The Morgan fingerprint density at radius 3 is 2.89 bits per heavy atom. The molecule has 3 N–H and O–H groups in total. The number of rotatable bonds is 4. The van der Waals surface area contributed by atoms with Crippen molar-refractivity contribution in [3.8, 4) is 0 Å². The van der Waals surface area contributed by atoms with Crippen LogP contribution in [-0.4, -0.2) is 12.6 Å². The SMILES string of the molecule is C[C@H](NC1CCCCC1CN)c1cccc(Cl)c1. The molecule has 0 bridgehead atoms. The fourth-order valence-corrected chi connectivity index (χ4v) is 3.10. The van der Waals surface area contributed by atoms with Crippen LogP contribution in [0, 0.1) is 5.92 Å². The van der Waals surface area contributed by atoms with Crippen LogP contribution in [-0.2, 0) is 0 Å². The molecule has 1 aliphatic rings. The lowest BCUT2D eigenvalue weighted by molar-refractivity contribution is 0.252. The van der Waals surface area contributed by atoms with E-state index in [0.29, 0.717) is 18.0 Å². The molecule has 2 rings (SSSR count). The van der Waals surface area contributed by atoms with Crippen molar-refractivity contribution >= 4 is 11.6 Å². The molecule has 0 amide bonds. The molecule has 1 aromatic carbocycles.